The van der Waals surface area contributed by atoms with Crippen molar-refractivity contribution in [1.29, 1.82) is 0 Å². The maximum Gasteiger partial charge on any atom is 0.254 e. The number of nitrogens with two attached hydrogens (primary N) is 1. The van der Waals surface area contributed by atoms with Gasteiger partial charge in [0.05, 0.1) is 5.56 Å². The topological polar surface area (TPSA) is 82.8 Å². The molecule has 9 heteroatoms. The van der Waals surface area contributed by atoms with E-state index in [0.717, 1.165) is 0 Å². The SMILES string of the molecule is Cc1ccc(C2=CC3=NC(N)NN3C=C2)c(F)c1C(=O)NCCC(F)c1ccc(Cl)cc1. The maximum atomic E-state index is 15.4. The van der Waals surface area contributed by atoms with Crippen LogP contribution >= 0.6 is 11.6 Å². The lowest BCUT2D eigenvalue weighted by Gasteiger charge is -2.20. The Kier molecular flexibility index (Phi) is 6.36. The second kappa shape index (κ2) is 9.20. The molecule has 0 spiro atoms. The van der Waals surface area contributed by atoms with E-state index in [-0.39, 0.29) is 24.1 Å². The van der Waals surface area contributed by atoms with E-state index in [2.05, 4.69) is 15.7 Å². The van der Waals surface area contributed by atoms with Gasteiger partial charge in [0.1, 0.15) is 17.8 Å². The smallest absolute Gasteiger partial charge is 0.254 e. The third-order valence-electron chi connectivity index (χ3n) is 5.28. The summed E-state index contributed by atoms with van der Waals surface area (Å²) in [6, 6.07) is 9.73. The van der Waals surface area contributed by atoms with Gasteiger partial charge in [-0.2, -0.15) is 5.43 Å². The number of aliphatic imine (C=N–C) groups is 1. The van der Waals surface area contributed by atoms with Gasteiger partial charge in [0.15, 0.2) is 6.29 Å². The summed E-state index contributed by atoms with van der Waals surface area (Å²) in [5.74, 6) is -0.677. The molecule has 1 amide bonds. The van der Waals surface area contributed by atoms with Gasteiger partial charge in [-0.15, -0.1) is 0 Å². The Bertz CT molecular complexity index is 1130. The first-order chi connectivity index (χ1) is 15.3. The van der Waals surface area contributed by atoms with Gasteiger partial charge in [-0.3, -0.25) is 15.5 Å². The number of allylic oxidation sites excluding steroid dienone is 2. The average Bonchev–Trinajstić information content (AvgIpc) is 3.13. The van der Waals surface area contributed by atoms with Crippen molar-refractivity contribution >= 4 is 28.9 Å². The van der Waals surface area contributed by atoms with Crippen LogP contribution in [0.4, 0.5) is 8.78 Å². The number of hydrogen-bond donors (Lipinski definition) is 3. The fourth-order valence-corrected chi connectivity index (χ4v) is 3.72. The number of nitrogens with zero attached hydrogens (tertiary/aromatic N) is 2. The number of rotatable bonds is 6. The Hall–Kier alpha value is -3.07. The van der Waals surface area contributed by atoms with Crippen LogP contribution in [0.25, 0.3) is 5.57 Å². The van der Waals surface area contributed by atoms with Gasteiger partial charge < -0.3 is 5.32 Å². The number of nitrogens with one attached hydrogen (secondary N) is 2. The number of amides is 1. The Morgan fingerprint density at radius 2 is 2.06 bits per heavy atom. The van der Waals surface area contributed by atoms with E-state index >= 15 is 4.39 Å². The normalized spacial score (nSPS) is 18.2. The highest BCUT2D eigenvalue weighted by molar-refractivity contribution is 6.30. The van der Waals surface area contributed by atoms with E-state index in [1.165, 1.54) is 0 Å². The van der Waals surface area contributed by atoms with E-state index in [1.807, 2.05) is 0 Å². The van der Waals surface area contributed by atoms with Gasteiger partial charge >= 0.3 is 0 Å². The molecule has 0 aliphatic carbocycles. The molecule has 2 unspecified atom stereocenters. The van der Waals surface area contributed by atoms with Crippen LogP contribution < -0.4 is 16.5 Å². The Balaban J connectivity index is 1.47. The standard InChI is InChI=1S/C23H22ClF2N5O/c1-13-2-7-17(15-9-11-31-19(12-15)29-23(27)30-31)21(26)20(13)22(32)28-10-8-18(25)14-3-5-16(24)6-4-14/h2-7,9,11-12,18,23,30H,8,10,27H2,1H3,(H,28,32). The summed E-state index contributed by atoms with van der Waals surface area (Å²) in [6.07, 6.45) is 3.32. The predicted molar refractivity (Wildman–Crippen MR) is 121 cm³/mol. The summed E-state index contributed by atoms with van der Waals surface area (Å²) in [5, 5.41) is 4.79. The summed E-state index contributed by atoms with van der Waals surface area (Å²) in [6.45, 7) is 1.72. The predicted octanol–water partition coefficient (Wildman–Crippen LogP) is 3.99. The first kappa shape index (κ1) is 22.1. The summed E-state index contributed by atoms with van der Waals surface area (Å²) in [7, 11) is 0. The second-order valence-electron chi connectivity index (χ2n) is 7.53. The van der Waals surface area contributed by atoms with Crippen molar-refractivity contribution in [1.82, 2.24) is 15.8 Å². The number of amidine groups is 1. The van der Waals surface area contributed by atoms with Crippen LogP contribution in [0.15, 0.2) is 59.7 Å². The number of hydrazine groups is 1. The zero-order valence-electron chi connectivity index (χ0n) is 17.3. The van der Waals surface area contributed by atoms with Gasteiger partial charge in [-0.05, 0) is 47.9 Å². The van der Waals surface area contributed by atoms with Crippen LogP contribution in [-0.2, 0) is 0 Å². The highest BCUT2D eigenvalue weighted by Gasteiger charge is 2.24. The second-order valence-corrected chi connectivity index (χ2v) is 7.97. The molecule has 32 heavy (non-hydrogen) atoms. The van der Waals surface area contributed by atoms with Crippen LogP contribution in [0.1, 0.15) is 39.6 Å². The Labute approximate surface area is 189 Å². The number of carbonyl (C=O) groups excluding carboxylic acids is 1. The van der Waals surface area contributed by atoms with Crippen molar-refractivity contribution in [2.75, 3.05) is 6.54 Å². The van der Waals surface area contributed by atoms with E-state index in [0.29, 0.717) is 27.6 Å². The van der Waals surface area contributed by atoms with Crippen LogP contribution in [-0.4, -0.2) is 29.6 Å². The van der Waals surface area contributed by atoms with Crippen LogP contribution in [0.5, 0.6) is 0 Å². The van der Waals surface area contributed by atoms with Gasteiger partial charge in [0.2, 0.25) is 0 Å². The lowest BCUT2D eigenvalue weighted by atomic mass is 9.96. The van der Waals surface area contributed by atoms with Gasteiger partial charge in [0, 0.05) is 29.8 Å². The van der Waals surface area contributed by atoms with E-state index < -0.39 is 24.2 Å². The lowest BCUT2D eigenvalue weighted by Crippen LogP contribution is -2.40. The molecule has 0 aromatic heterocycles. The minimum atomic E-state index is -1.27. The molecule has 0 radical (unpaired) electrons. The molecule has 4 N–H and O–H groups in total. The first-order valence-corrected chi connectivity index (χ1v) is 10.5. The third kappa shape index (κ3) is 4.57. The molecular weight excluding hydrogens is 436 g/mol. The summed E-state index contributed by atoms with van der Waals surface area (Å²) < 4.78 is 29.8. The average molecular weight is 458 g/mol. The quantitative estimate of drug-likeness (QED) is 0.612. The number of carbonyl (C=O) groups is 1. The van der Waals surface area contributed by atoms with Crippen LogP contribution in [0.2, 0.25) is 5.02 Å². The van der Waals surface area contributed by atoms with Crippen molar-refractivity contribution in [3.63, 3.8) is 0 Å². The molecule has 0 bridgehead atoms. The largest absolute Gasteiger partial charge is 0.352 e. The minimum Gasteiger partial charge on any atom is -0.352 e. The number of aryl methyl sites for hydroxylation is 1. The molecule has 2 aliphatic rings. The van der Waals surface area contributed by atoms with Crippen LogP contribution in [0, 0.1) is 12.7 Å². The molecule has 2 heterocycles. The molecule has 6 nitrogen and oxygen atoms in total. The highest BCUT2D eigenvalue weighted by atomic mass is 35.5. The minimum absolute atomic E-state index is 0.0592. The van der Waals surface area contributed by atoms with Gasteiger partial charge in [0.25, 0.3) is 5.91 Å². The first-order valence-electron chi connectivity index (χ1n) is 10.1. The fraction of sp³-hybridized carbons (Fsp3) is 0.217. The molecule has 2 aromatic rings. The van der Waals surface area contributed by atoms with Crippen molar-refractivity contribution in [3.05, 3.63) is 87.8 Å². The molecule has 2 atom stereocenters. The van der Waals surface area contributed by atoms with E-state index in [1.54, 1.807) is 66.7 Å². The number of benzene rings is 2. The Morgan fingerprint density at radius 3 is 2.81 bits per heavy atom. The van der Waals surface area contributed by atoms with Gasteiger partial charge in [-0.25, -0.2) is 13.8 Å². The Morgan fingerprint density at radius 1 is 1.31 bits per heavy atom. The molecule has 2 aromatic carbocycles. The van der Waals surface area contributed by atoms with Crippen molar-refractivity contribution in [2.24, 2.45) is 10.7 Å². The molecule has 0 saturated heterocycles. The van der Waals surface area contributed by atoms with E-state index in [4.69, 9.17) is 17.3 Å². The number of hydrogen-bond acceptors (Lipinski definition) is 5. The number of halogens is 3. The molecule has 0 saturated carbocycles. The fourth-order valence-electron chi connectivity index (χ4n) is 3.59. The molecule has 166 valence electrons. The van der Waals surface area contributed by atoms with E-state index in [9.17, 15) is 9.18 Å². The zero-order valence-corrected chi connectivity index (χ0v) is 18.0. The summed E-state index contributed by atoms with van der Waals surface area (Å²) in [4.78, 5) is 16.9. The highest BCUT2D eigenvalue weighted by Crippen LogP contribution is 2.28. The zero-order chi connectivity index (χ0) is 22.8. The maximum absolute atomic E-state index is 15.4. The van der Waals surface area contributed by atoms with Crippen molar-refractivity contribution in [3.8, 4) is 0 Å². The van der Waals surface area contributed by atoms with Gasteiger partial charge in [-0.1, -0.05) is 35.9 Å². The monoisotopic (exact) mass is 457 g/mol. The van der Waals surface area contributed by atoms with Crippen molar-refractivity contribution < 1.29 is 13.6 Å². The third-order valence-corrected chi connectivity index (χ3v) is 5.53. The summed E-state index contributed by atoms with van der Waals surface area (Å²) >= 11 is 5.82. The number of fused-ring (bicyclic) bond motifs is 1. The van der Waals surface area contributed by atoms with Crippen molar-refractivity contribution in [2.45, 2.75) is 25.8 Å². The molecule has 0 fully saturated rings. The molecule has 2 aliphatic heterocycles. The number of alkyl halides is 1. The summed E-state index contributed by atoms with van der Waals surface area (Å²) in [5.41, 5.74) is 10.4. The molecular formula is C23H22ClF2N5O. The van der Waals surface area contributed by atoms with Crippen LogP contribution in [0.3, 0.4) is 0 Å². The lowest BCUT2D eigenvalue weighted by molar-refractivity contribution is 0.0945. The molecule has 4 rings (SSSR count).